The zero-order valence-corrected chi connectivity index (χ0v) is 13.2. The highest BCUT2D eigenvalue weighted by atomic mass is 19.3. The van der Waals surface area contributed by atoms with E-state index in [0.717, 1.165) is 25.9 Å². The number of piperidine rings is 1. The maximum absolute atomic E-state index is 12.8. The van der Waals surface area contributed by atoms with Crippen LogP contribution in [0.4, 0.5) is 13.6 Å². The summed E-state index contributed by atoms with van der Waals surface area (Å²) in [5, 5.41) is 0. The summed E-state index contributed by atoms with van der Waals surface area (Å²) >= 11 is 0. The van der Waals surface area contributed by atoms with Gasteiger partial charge >= 0.3 is 6.03 Å². The number of carbonyl (C=O) groups excluding carboxylic acids is 1. The van der Waals surface area contributed by atoms with Crippen LogP contribution in [-0.2, 0) is 0 Å². The summed E-state index contributed by atoms with van der Waals surface area (Å²) in [6.07, 6.45) is -0.764. The van der Waals surface area contributed by atoms with E-state index >= 15 is 0 Å². The predicted molar refractivity (Wildman–Crippen MR) is 77.7 cm³/mol. The zero-order valence-electron chi connectivity index (χ0n) is 13.2. The van der Waals surface area contributed by atoms with Gasteiger partial charge < -0.3 is 14.7 Å². The summed E-state index contributed by atoms with van der Waals surface area (Å²) < 4.78 is 25.7. The molecule has 2 heterocycles. The number of amides is 2. The van der Waals surface area contributed by atoms with Crippen LogP contribution in [0.3, 0.4) is 0 Å². The Labute approximate surface area is 125 Å². The molecule has 2 saturated heterocycles. The first-order valence-electron chi connectivity index (χ1n) is 7.52. The number of likely N-dealkylation sites (tertiary alicyclic amines) is 1. The van der Waals surface area contributed by atoms with E-state index in [-0.39, 0.29) is 18.1 Å². The molecule has 2 aliphatic heterocycles. The fourth-order valence-electron chi connectivity index (χ4n) is 3.53. The minimum absolute atomic E-state index is 0.00873. The van der Waals surface area contributed by atoms with Gasteiger partial charge in [0.15, 0.2) is 0 Å². The molecule has 7 heteroatoms. The molecule has 2 rings (SSSR count). The molecule has 122 valence electrons. The number of halogens is 2. The van der Waals surface area contributed by atoms with Crippen molar-refractivity contribution >= 4 is 6.03 Å². The van der Waals surface area contributed by atoms with Crippen molar-refractivity contribution in [1.29, 1.82) is 0 Å². The van der Waals surface area contributed by atoms with Gasteiger partial charge in [-0.2, -0.15) is 0 Å². The van der Waals surface area contributed by atoms with Crippen LogP contribution < -0.4 is 0 Å². The molecule has 0 N–H and O–H groups in total. The van der Waals surface area contributed by atoms with Crippen molar-refractivity contribution in [3.8, 4) is 0 Å². The number of piperazine rings is 1. The van der Waals surface area contributed by atoms with Gasteiger partial charge in [0.25, 0.3) is 6.43 Å². The first-order valence-corrected chi connectivity index (χ1v) is 7.52. The minimum Gasteiger partial charge on any atom is -0.331 e. The highest BCUT2D eigenvalue weighted by Crippen LogP contribution is 2.33. The van der Waals surface area contributed by atoms with Crippen LogP contribution in [0.25, 0.3) is 0 Å². The van der Waals surface area contributed by atoms with E-state index in [2.05, 4.69) is 4.90 Å². The molecule has 0 aromatic heterocycles. The van der Waals surface area contributed by atoms with Gasteiger partial charge in [-0.3, -0.25) is 4.90 Å². The van der Waals surface area contributed by atoms with Gasteiger partial charge in [-0.25, -0.2) is 13.6 Å². The molecule has 0 radical (unpaired) electrons. The lowest BCUT2D eigenvalue weighted by Gasteiger charge is -2.53. The fourth-order valence-corrected chi connectivity index (χ4v) is 3.53. The van der Waals surface area contributed by atoms with E-state index < -0.39 is 6.43 Å². The Balaban J connectivity index is 2.04. The maximum atomic E-state index is 12.8. The summed E-state index contributed by atoms with van der Waals surface area (Å²) in [7, 11) is 5.52. The van der Waals surface area contributed by atoms with E-state index in [1.807, 2.05) is 16.8 Å². The number of nitrogens with zero attached hydrogens (tertiary/aromatic N) is 4. The van der Waals surface area contributed by atoms with Crippen molar-refractivity contribution in [2.75, 3.05) is 60.4 Å². The van der Waals surface area contributed by atoms with Crippen molar-refractivity contribution in [1.82, 2.24) is 19.6 Å². The molecule has 21 heavy (non-hydrogen) atoms. The third-order valence-corrected chi connectivity index (χ3v) is 4.69. The van der Waals surface area contributed by atoms with Crippen molar-refractivity contribution < 1.29 is 13.6 Å². The normalized spacial score (nSPS) is 23.8. The number of hydrogen-bond donors (Lipinski definition) is 0. The van der Waals surface area contributed by atoms with Gasteiger partial charge in [-0.15, -0.1) is 0 Å². The Morgan fingerprint density at radius 3 is 2.33 bits per heavy atom. The molecule has 5 nitrogen and oxygen atoms in total. The third kappa shape index (κ3) is 3.63. The number of rotatable bonds is 2. The van der Waals surface area contributed by atoms with Crippen molar-refractivity contribution in [2.24, 2.45) is 0 Å². The summed E-state index contributed by atoms with van der Waals surface area (Å²) in [6.45, 7) is 3.45. The van der Waals surface area contributed by atoms with Gasteiger partial charge in [-0.1, -0.05) is 0 Å². The van der Waals surface area contributed by atoms with Crippen LogP contribution in [0, 0.1) is 0 Å². The number of urea groups is 1. The Hall–Kier alpha value is -0.950. The molecule has 0 unspecified atom stereocenters. The summed E-state index contributed by atoms with van der Waals surface area (Å²) in [4.78, 5) is 19.6. The van der Waals surface area contributed by atoms with E-state index in [9.17, 15) is 13.6 Å². The lowest BCUT2D eigenvalue weighted by atomic mass is 9.83. The third-order valence-electron chi connectivity index (χ3n) is 4.69. The van der Waals surface area contributed by atoms with Crippen LogP contribution in [0.2, 0.25) is 0 Å². The summed E-state index contributed by atoms with van der Waals surface area (Å²) in [6, 6.07) is 0.00873. The number of alkyl halides is 2. The maximum Gasteiger partial charge on any atom is 0.319 e. The van der Waals surface area contributed by atoms with Crippen LogP contribution in [0.5, 0.6) is 0 Å². The van der Waals surface area contributed by atoms with Crippen LogP contribution in [0.1, 0.15) is 12.8 Å². The van der Waals surface area contributed by atoms with Crippen LogP contribution in [0.15, 0.2) is 0 Å². The van der Waals surface area contributed by atoms with E-state index in [1.54, 1.807) is 19.0 Å². The molecule has 2 amide bonds. The largest absolute Gasteiger partial charge is 0.331 e. The van der Waals surface area contributed by atoms with Gasteiger partial charge in [-0.05, 0) is 19.9 Å². The minimum atomic E-state index is -2.30. The zero-order chi connectivity index (χ0) is 15.6. The molecule has 0 saturated carbocycles. The highest BCUT2D eigenvalue weighted by Gasteiger charge is 2.44. The lowest BCUT2D eigenvalue weighted by Crippen LogP contribution is -2.66. The molecule has 1 spiro atoms. The number of likely N-dealkylation sites (N-methyl/N-ethyl adjacent to an activating group) is 1. The second-order valence-corrected chi connectivity index (χ2v) is 6.46. The molecule has 0 aromatic carbocycles. The molecule has 2 aliphatic rings. The van der Waals surface area contributed by atoms with Gasteiger partial charge in [0.1, 0.15) is 0 Å². The molecule has 2 fully saturated rings. The predicted octanol–water partition coefficient (Wildman–Crippen LogP) is 1.02. The number of carbonyl (C=O) groups is 1. The molecule has 0 atom stereocenters. The first-order chi connectivity index (χ1) is 9.84. The van der Waals surface area contributed by atoms with Crippen molar-refractivity contribution in [2.45, 2.75) is 24.8 Å². The van der Waals surface area contributed by atoms with E-state index in [4.69, 9.17) is 0 Å². The number of hydrogen-bond acceptors (Lipinski definition) is 3. The fraction of sp³-hybridized carbons (Fsp3) is 0.929. The van der Waals surface area contributed by atoms with Gasteiger partial charge in [0, 0.05) is 52.4 Å². The topological polar surface area (TPSA) is 30.0 Å². The molecule has 0 aliphatic carbocycles. The first kappa shape index (κ1) is 16.4. The molecular weight excluding hydrogens is 278 g/mol. The van der Waals surface area contributed by atoms with Crippen molar-refractivity contribution in [3.63, 3.8) is 0 Å². The van der Waals surface area contributed by atoms with E-state index in [1.165, 1.54) is 0 Å². The van der Waals surface area contributed by atoms with Crippen molar-refractivity contribution in [3.05, 3.63) is 0 Å². The van der Waals surface area contributed by atoms with Gasteiger partial charge in [0.05, 0.1) is 6.54 Å². The average molecular weight is 304 g/mol. The highest BCUT2D eigenvalue weighted by molar-refractivity contribution is 5.73. The smallest absolute Gasteiger partial charge is 0.319 e. The van der Waals surface area contributed by atoms with Crippen LogP contribution in [-0.4, -0.2) is 98.0 Å². The second kappa shape index (κ2) is 6.44. The van der Waals surface area contributed by atoms with E-state index in [0.29, 0.717) is 19.6 Å². The average Bonchev–Trinajstić information content (AvgIpc) is 2.42. The SMILES string of the molecule is CN1CCN(CC(F)F)C2(CCN(C(=O)N(C)C)CC2)C1. The molecule has 0 bridgehead atoms. The Bertz CT molecular complexity index is 370. The quantitative estimate of drug-likeness (QED) is 0.763. The molecular formula is C14H26F2N4O. The Morgan fingerprint density at radius 2 is 1.81 bits per heavy atom. The standard InChI is InChI=1S/C14H26F2N4O/c1-17(2)13(21)19-6-4-14(5-7-19)11-18(3)8-9-20(14)10-12(15)16/h12H,4-11H2,1-3H3. The summed E-state index contributed by atoms with van der Waals surface area (Å²) in [5.74, 6) is 0. The second-order valence-electron chi connectivity index (χ2n) is 6.46. The Morgan fingerprint density at radius 1 is 1.19 bits per heavy atom. The molecule has 0 aromatic rings. The van der Waals surface area contributed by atoms with Gasteiger partial charge in [0.2, 0.25) is 0 Å². The lowest BCUT2D eigenvalue weighted by molar-refractivity contribution is -0.0561. The summed E-state index contributed by atoms with van der Waals surface area (Å²) in [5.41, 5.74) is -0.202. The Kier molecular flexibility index (Phi) is 5.03. The monoisotopic (exact) mass is 304 g/mol. The van der Waals surface area contributed by atoms with Crippen LogP contribution >= 0.6 is 0 Å².